The van der Waals surface area contributed by atoms with Crippen molar-refractivity contribution < 1.29 is 14.3 Å². The second kappa shape index (κ2) is 6.68. The third kappa shape index (κ3) is 2.65. The molecular formula is C18H20N4O3S. The molecule has 0 amide bonds. The fourth-order valence-corrected chi connectivity index (χ4v) is 3.90. The van der Waals surface area contributed by atoms with Crippen molar-refractivity contribution in [2.45, 2.75) is 30.5 Å². The summed E-state index contributed by atoms with van der Waals surface area (Å²) in [6.45, 7) is 0. The molecule has 136 valence electrons. The van der Waals surface area contributed by atoms with Gasteiger partial charge in [-0.05, 0) is 31.2 Å². The molecule has 26 heavy (non-hydrogen) atoms. The second-order valence-corrected chi connectivity index (χ2v) is 6.94. The molecule has 1 aliphatic carbocycles. The molecule has 0 spiro atoms. The highest BCUT2D eigenvalue weighted by Crippen LogP contribution is 2.43. The second-order valence-electron chi connectivity index (χ2n) is 6.17. The van der Waals surface area contributed by atoms with Crippen molar-refractivity contribution in [3.63, 3.8) is 0 Å². The van der Waals surface area contributed by atoms with Crippen LogP contribution in [0.25, 0.3) is 0 Å². The normalized spacial score (nSPS) is 18.9. The summed E-state index contributed by atoms with van der Waals surface area (Å²) < 4.78 is 12.7. The molecule has 4 rings (SSSR count). The molecule has 0 radical (unpaired) electrons. The Morgan fingerprint density at radius 2 is 2.12 bits per heavy atom. The quantitative estimate of drug-likeness (QED) is 0.827. The average molecular weight is 372 g/mol. The Bertz CT molecular complexity index is 906. The first-order valence-electron chi connectivity index (χ1n) is 8.42. The minimum atomic E-state index is -0.358. The van der Waals surface area contributed by atoms with Crippen molar-refractivity contribution >= 4 is 23.5 Å². The number of ketones is 1. The number of aromatic nitrogens is 3. The maximum absolute atomic E-state index is 12.8. The van der Waals surface area contributed by atoms with Gasteiger partial charge in [-0.2, -0.15) is 4.98 Å². The highest BCUT2D eigenvalue weighted by molar-refractivity contribution is 7.98. The van der Waals surface area contributed by atoms with Crippen molar-refractivity contribution in [3.8, 4) is 11.5 Å². The van der Waals surface area contributed by atoms with E-state index in [-0.39, 0.29) is 11.8 Å². The van der Waals surface area contributed by atoms with E-state index in [2.05, 4.69) is 15.4 Å². The number of allylic oxidation sites excluding steroid dienone is 2. The van der Waals surface area contributed by atoms with Gasteiger partial charge in [0.1, 0.15) is 17.5 Å². The largest absolute Gasteiger partial charge is 0.497 e. The zero-order chi connectivity index (χ0) is 18.3. The molecule has 0 saturated carbocycles. The molecule has 1 atom stereocenters. The number of ether oxygens (including phenoxy) is 2. The van der Waals surface area contributed by atoms with Crippen molar-refractivity contribution in [2.75, 3.05) is 25.8 Å². The average Bonchev–Trinajstić information content (AvgIpc) is 3.09. The molecule has 8 heteroatoms. The Balaban J connectivity index is 1.93. The third-order valence-corrected chi connectivity index (χ3v) is 5.30. The topological polar surface area (TPSA) is 78.3 Å². The van der Waals surface area contributed by atoms with E-state index in [1.54, 1.807) is 18.9 Å². The summed E-state index contributed by atoms with van der Waals surface area (Å²) in [6.07, 6.45) is 4.16. The molecule has 2 heterocycles. The van der Waals surface area contributed by atoms with Crippen molar-refractivity contribution in [1.29, 1.82) is 0 Å². The summed E-state index contributed by atoms with van der Waals surface area (Å²) in [6, 6.07) is 5.28. The number of carbonyl (C=O) groups is 1. The van der Waals surface area contributed by atoms with Crippen LogP contribution in [0.2, 0.25) is 0 Å². The Kier molecular flexibility index (Phi) is 4.36. The molecule has 1 aromatic carbocycles. The molecule has 1 aromatic heterocycles. The van der Waals surface area contributed by atoms with Crippen LogP contribution < -0.4 is 14.8 Å². The van der Waals surface area contributed by atoms with Gasteiger partial charge >= 0.3 is 0 Å². The first kappa shape index (κ1) is 17.0. The fraction of sp³-hybridized carbons (Fsp3) is 0.389. The molecule has 0 fully saturated rings. The van der Waals surface area contributed by atoms with E-state index in [4.69, 9.17) is 9.47 Å². The predicted molar refractivity (Wildman–Crippen MR) is 99.0 cm³/mol. The van der Waals surface area contributed by atoms with Crippen LogP contribution in [0.15, 0.2) is 34.6 Å². The maximum Gasteiger partial charge on any atom is 0.227 e. The Hall–Kier alpha value is -2.48. The maximum atomic E-state index is 12.8. The number of nitrogens with zero attached hydrogens (tertiary/aromatic N) is 3. The van der Waals surface area contributed by atoms with E-state index in [1.807, 2.05) is 24.5 Å². The predicted octanol–water partition coefficient (Wildman–Crippen LogP) is 3.04. The van der Waals surface area contributed by atoms with Crippen LogP contribution in [-0.2, 0) is 4.79 Å². The van der Waals surface area contributed by atoms with Gasteiger partial charge in [-0.25, -0.2) is 4.68 Å². The summed E-state index contributed by atoms with van der Waals surface area (Å²) in [7, 11) is 3.23. The van der Waals surface area contributed by atoms with Crippen LogP contribution in [0.4, 0.5) is 5.95 Å². The number of methoxy groups -OCH3 is 2. The third-order valence-electron chi connectivity index (χ3n) is 4.77. The van der Waals surface area contributed by atoms with Crippen LogP contribution in [0.1, 0.15) is 30.9 Å². The highest BCUT2D eigenvalue weighted by Gasteiger charge is 2.38. The number of fused-ring (bicyclic) bond motifs is 1. The van der Waals surface area contributed by atoms with Crippen molar-refractivity contribution in [1.82, 2.24) is 14.8 Å². The van der Waals surface area contributed by atoms with E-state index >= 15 is 0 Å². The lowest BCUT2D eigenvalue weighted by molar-refractivity contribution is -0.116. The standard InChI is InChI=1S/C18H20N4O3S/c1-24-10-7-8-11(14(9-10)25-2)16-15-12(5-4-6-13(15)23)19-17-20-18(26-3)21-22(16)17/h7-9,16H,4-6H2,1-3H3,(H,19,20,21)/t16-/m0/s1. The lowest BCUT2D eigenvalue weighted by Crippen LogP contribution is -2.31. The van der Waals surface area contributed by atoms with Gasteiger partial charge in [-0.15, -0.1) is 5.10 Å². The zero-order valence-electron chi connectivity index (χ0n) is 14.9. The SMILES string of the molecule is COc1ccc([C@H]2C3=C(CCCC3=O)Nc3nc(SC)nn32)c(OC)c1. The molecule has 2 aliphatic rings. The number of Topliss-reactive ketones (excluding diaryl/α,β-unsaturated/α-hetero) is 1. The van der Waals surface area contributed by atoms with Gasteiger partial charge in [-0.1, -0.05) is 11.8 Å². The minimum absolute atomic E-state index is 0.147. The van der Waals surface area contributed by atoms with Crippen LogP contribution >= 0.6 is 11.8 Å². The van der Waals surface area contributed by atoms with E-state index in [1.165, 1.54) is 11.8 Å². The van der Waals surface area contributed by atoms with Gasteiger partial charge in [0.05, 0.1) is 14.2 Å². The molecule has 1 aliphatic heterocycles. The Labute approximate surface area is 155 Å². The van der Waals surface area contributed by atoms with Crippen LogP contribution in [0.3, 0.4) is 0 Å². The molecule has 1 N–H and O–H groups in total. The molecular weight excluding hydrogens is 352 g/mol. The lowest BCUT2D eigenvalue weighted by atomic mass is 9.85. The number of anilines is 1. The van der Waals surface area contributed by atoms with Crippen LogP contribution in [-0.4, -0.2) is 41.0 Å². The number of hydrogen-bond acceptors (Lipinski definition) is 7. The van der Waals surface area contributed by atoms with Gasteiger partial charge in [0.2, 0.25) is 11.1 Å². The number of benzene rings is 1. The zero-order valence-corrected chi connectivity index (χ0v) is 15.7. The van der Waals surface area contributed by atoms with Crippen molar-refractivity contribution in [3.05, 3.63) is 35.0 Å². The monoisotopic (exact) mass is 372 g/mol. The molecule has 0 bridgehead atoms. The fourth-order valence-electron chi connectivity index (χ4n) is 3.55. The van der Waals surface area contributed by atoms with Crippen LogP contribution in [0.5, 0.6) is 11.5 Å². The number of carbonyl (C=O) groups excluding carboxylic acids is 1. The smallest absolute Gasteiger partial charge is 0.227 e. The summed E-state index contributed by atoms with van der Waals surface area (Å²) in [5, 5.41) is 8.58. The minimum Gasteiger partial charge on any atom is -0.497 e. The van der Waals surface area contributed by atoms with Crippen molar-refractivity contribution in [2.24, 2.45) is 0 Å². The number of hydrogen-bond donors (Lipinski definition) is 1. The first-order chi connectivity index (χ1) is 12.7. The first-order valence-corrected chi connectivity index (χ1v) is 9.64. The van der Waals surface area contributed by atoms with Crippen LogP contribution in [0, 0.1) is 0 Å². The van der Waals surface area contributed by atoms with E-state index in [9.17, 15) is 4.79 Å². The van der Waals surface area contributed by atoms with Gasteiger partial charge in [0.25, 0.3) is 0 Å². The number of thioether (sulfide) groups is 1. The van der Waals surface area contributed by atoms with Gasteiger partial charge in [0.15, 0.2) is 5.78 Å². The van der Waals surface area contributed by atoms with Gasteiger partial charge < -0.3 is 14.8 Å². The van der Waals surface area contributed by atoms with E-state index in [0.29, 0.717) is 29.0 Å². The number of nitrogens with one attached hydrogen (secondary N) is 1. The van der Waals surface area contributed by atoms with E-state index in [0.717, 1.165) is 29.7 Å². The Morgan fingerprint density at radius 1 is 1.27 bits per heavy atom. The summed E-state index contributed by atoms with van der Waals surface area (Å²) in [4.78, 5) is 17.3. The number of rotatable bonds is 4. The van der Waals surface area contributed by atoms with E-state index < -0.39 is 0 Å². The molecule has 0 saturated heterocycles. The molecule has 0 unspecified atom stereocenters. The van der Waals surface area contributed by atoms with Gasteiger partial charge in [0, 0.05) is 29.3 Å². The summed E-state index contributed by atoms with van der Waals surface area (Å²) in [5.41, 5.74) is 2.57. The summed E-state index contributed by atoms with van der Waals surface area (Å²) >= 11 is 1.47. The lowest BCUT2D eigenvalue weighted by Gasteiger charge is -2.32. The molecule has 2 aromatic rings. The highest BCUT2D eigenvalue weighted by atomic mass is 32.2. The molecule has 7 nitrogen and oxygen atoms in total. The Morgan fingerprint density at radius 3 is 2.85 bits per heavy atom. The summed E-state index contributed by atoms with van der Waals surface area (Å²) in [5.74, 6) is 2.17. The van der Waals surface area contributed by atoms with Gasteiger partial charge in [-0.3, -0.25) is 4.79 Å².